The van der Waals surface area contributed by atoms with Crippen LogP contribution in [0.1, 0.15) is 15.9 Å². The minimum Gasteiger partial charge on any atom is -0.478 e. The Labute approximate surface area is 98.7 Å². The van der Waals surface area contributed by atoms with Gasteiger partial charge in [-0.25, -0.2) is 9.78 Å². The highest BCUT2D eigenvalue weighted by Crippen LogP contribution is 2.17. The molecule has 88 valence electrons. The fraction of sp³-hybridized carbons (Fsp3) is 0.167. The van der Waals surface area contributed by atoms with E-state index in [4.69, 9.17) is 5.11 Å². The first kappa shape index (κ1) is 11.3. The average molecular weight is 231 g/mol. The van der Waals surface area contributed by atoms with Crippen molar-refractivity contribution in [2.75, 3.05) is 7.05 Å². The number of carboxylic acids is 1. The number of rotatable bonds is 4. The number of aromatic carboxylic acids is 1. The second-order valence-corrected chi connectivity index (χ2v) is 3.66. The van der Waals surface area contributed by atoms with Gasteiger partial charge in [-0.2, -0.15) is 0 Å². The number of nitrogens with one attached hydrogen (secondary N) is 1. The zero-order valence-electron chi connectivity index (χ0n) is 9.42. The summed E-state index contributed by atoms with van der Waals surface area (Å²) in [5.41, 5.74) is 1.92. The molecule has 1 heterocycles. The van der Waals surface area contributed by atoms with E-state index in [9.17, 15) is 4.79 Å². The van der Waals surface area contributed by atoms with Crippen LogP contribution in [0.4, 0.5) is 0 Å². The van der Waals surface area contributed by atoms with Gasteiger partial charge in [0.1, 0.15) is 0 Å². The maximum atomic E-state index is 11.1. The van der Waals surface area contributed by atoms with Crippen LogP contribution in [-0.2, 0) is 6.54 Å². The van der Waals surface area contributed by atoms with E-state index in [1.165, 1.54) is 0 Å². The number of carboxylic acid groups (broad SMARTS) is 1. The number of benzene rings is 1. The van der Waals surface area contributed by atoms with Gasteiger partial charge in [-0.3, -0.25) is 0 Å². The molecule has 0 aliphatic rings. The number of hydrogen-bond acceptors (Lipinski definition) is 3. The molecule has 0 saturated heterocycles. The van der Waals surface area contributed by atoms with Gasteiger partial charge in [0, 0.05) is 18.9 Å². The van der Waals surface area contributed by atoms with Crippen LogP contribution in [0.3, 0.4) is 0 Å². The molecular weight excluding hydrogens is 218 g/mol. The van der Waals surface area contributed by atoms with Gasteiger partial charge in [0.25, 0.3) is 0 Å². The maximum absolute atomic E-state index is 11.1. The van der Waals surface area contributed by atoms with Gasteiger partial charge >= 0.3 is 5.97 Å². The number of carbonyl (C=O) groups is 1. The fourth-order valence-corrected chi connectivity index (χ4v) is 1.69. The maximum Gasteiger partial charge on any atom is 0.337 e. The lowest BCUT2D eigenvalue weighted by molar-refractivity contribution is 0.0697. The molecule has 1 aromatic heterocycles. The van der Waals surface area contributed by atoms with E-state index in [1.807, 2.05) is 13.1 Å². The minimum atomic E-state index is -0.940. The summed E-state index contributed by atoms with van der Waals surface area (Å²) >= 11 is 0. The summed E-state index contributed by atoms with van der Waals surface area (Å²) in [5.74, 6) is -0.940. The van der Waals surface area contributed by atoms with Crippen LogP contribution >= 0.6 is 0 Å². The summed E-state index contributed by atoms with van der Waals surface area (Å²) in [4.78, 5) is 15.1. The van der Waals surface area contributed by atoms with E-state index < -0.39 is 5.97 Å². The number of hydrogen-bond donors (Lipinski definition) is 2. The van der Waals surface area contributed by atoms with Gasteiger partial charge < -0.3 is 15.0 Å². The van der Waals surface area contributed by atoms with E-state index in [1.54, 1.807) is 35.4 Å². The van der Waals surface area contributed by atoms with Crippen molar-refractivity contribution >= 4 is 5.97 Å². The van der Waals surface area contributed by atoms with Crippen molar-refractivity contribution in [3.8, 4) is 5.69 Å². The Morgan fingerprint density at radius 2 is 2.35 bits per heavy atom. The van der Waals surface area contributed by atoms with E-state index in [0.717, 1.165) is 5.56 Å². The van der Waals surface area contributed by atoms with Gasteiger partial charge in [0.15, 0.2) is 0 Å². The third kappa shape index (κ3) is 2.34. The lowest BCUT2D eigenvalue weighted by Crippen LogP contribution is -2.09. The Bertz CT molecular complexity index is 521. The highest BCUT2D eigenvalue weighted by Gasteiger charge is 2.11. The van der Waals surface area contributed by atoms with Gasteiger partial charge in [0.05, 0.1) is 17.6 Å². The second-order valence-electron chi connectivity index (χ2n) is 3.66. The van der Waals surface area contributed by atoms with Gasteiger partial charge in [0.2, 0.25) is 0 Å². The Morgan fingerprint density at radius 1 is 1.53 bits per heavy atom. The summed E-state index contributed by atoms with van der Waals surface area (Å²) in [7, 11) is 1.85. The lowest BCUT2D eigenvalue weighted by atomic mass is 10.1. The van der Waals surface area contributed by atoms with Crippen LogP contribution in [0.15, 0.2) is 36.9 Å². The highest BCUT2D eigenvalue weighted by molar-refractivity contribution is 5.92. The third-order valence-electron chi connectivity index (χ3n) is 2.46. The van der Waals surface area contributed by atoms with Crippen LogP contribution in [-0.4, -0.2) is 27.7 Å². The van der Waals surface area contributed by atoms with E-state index in [2.05, 4.69) is 10.3 Å². The van der Waals surface area contributed by atoms with E-state index in [-0.39, 0.29) is 5.56 Å². The van der Waals surface area contributed by atoms with Crippen LogP contribution in [0.5, 0.6) is 0 Å². The highest BCUT2D eigenvalue weighted by atomic mass is 16.4. The molecule has 2 aromatic rings. The molecule has 5 heteroatoms. The summed E-state index contributed by atoms with van der Waals surface area (Å²) in [6, 6.07) is 5.27. The Balaban J connectivity index is 2.52. The quantitative estimate of drug-likeness (QED) is 0.832. The molecule has 0 spiro atoms. The van der Waals surface area contributed by atoms with Gasteiger partial charge in [-0.05, 0) is 24.7 Å². The van der Waals surface area contributed by atoms with Gasteiger partial charge in [-0.1, -0.05) is 6.07 Å². The van der Waals surface area contributed by atoms with Crippen molar-refractivity contribution in [2.45, 2.75) is 6.54 Å². The van der Waals surface area contributed by atoms with Crippen molar-refractivity contribution in [1.82, 2.24) is 14.9 Å². The third-order valence-corrected chi connectivity index (χ3v) is 2.46. The standard InChI is InChI=1S/C12H13N3O2/c1-13-7-9-2-3-10(12(16)17)11(6-9)15-5-4-14-8-15/h2-6,8,13H,7H2,1H3,(H,16,17). The molecule has 0 aliphatic carbocycles. The number of nitrogens with zero attached hydrogens (tertiary/aromatic N) is 2. The molecule has 0 amide bonds. The summed E-state index contributed by atoms with van der Waals surface area (Å²) in [6.07, 6.45) is 4.94. The molecule has 5 nitrogen and oxygen atoms in total. The van der Waals surface area contributed by atoms with E-state index >= 15 is 0 Å². The molecule has 0 bridgehead atoms. The van der Waals surface area contributed by atoms with E-state index in [0.29, 0.717) is 12.2 Å². The van der Waals surface area contributed by atoms with Crippen molar-refractivity contribution in [3.05, 3.63) is 48.0 Å². The minimum absolute atomic E-state index is 0.267. The normalized spacial score (nSPS) is 10.4. The molecule has 17 heavy (non-hydrogen) atoms. The zero-order chi connectivity index (χ0) is 12.3. The van der Waals surface area contributed by atoms with Crippen LogP contribution in [0.25, 0.3) is 5.69 Å². The molecule has 0 saturated carbocycles. The fourth-order valence-electron chi connectivity index (χ4n) is 1.69. The number of aromatic nitrogens is 2. The molecule has 2 N–H and O–H groups in total. The summed E-state index contributed by atoms with van der Waals surface area (Å²) in [6.45, 7) is 0.696. The predicted molar refractivity (Wildman–Crippen MR) is 63.3 cm³/mol. The summed E-state index contributed by atoms with van der Waals surface area (Å²) < 4.78 is 1.70. The molecule has 0 radical (unpaired) electrons. The van der Waals surface area contributed by atoms with Crippen LogP contribution < -0.4 is 5.32 Å². The SMILES string of the molecule is CNCc1ccc(C(=O)O)c(-n2ccnc2)c1. The largest absolute Gasteiger partial charge is 0.478 e. The molecule has 0 unspecified atom stereocenters. The summed E-state index contributed by atoms with van der Waals surface area (Å²) in [5, 5.41) is 12.2. The van der Waals surface area contributed by atoms with Crippen molar-refractivity contribution in [3.63, 3.8) is 0 Å². The first-order chi connectivity index (χ1) is 8.22. The average Bonchev–Trinajstić information content (AvgIpc) is 2.82. The molecular formula is C12H13N3O2. The van der Waals surface area contributed by atoms with Crippen molar-refractivity contribution in [1.29, 1.82) is 0 Å². The lowest BCUT2D eigenvalue weighted by Gasteiger charge is -2.09. The zero-order valence-corrected chi connectivity index (χ0v) is 9.42. The predicted octanol–water partition coefficient (Wildman–Crippen LogP) is 1.29. The molecule has 1 aromatic carbocycles. The molecule has 0 atom stereocenters. The second kappa shape index (κ2) is 4.80. The molecule has 0 fully saturated rings. The monoisotopic (exact) mass is 231 g/mol. The Hall–Kier alpha value is -2.14. The van der Waals surface area contributed by atoms with Crippen molar-refractivity contribution in [2.24, 2.45) is 0 Å². The smallest absolute Gasteiger partial charge is 0.337 e. The Kier molecular flexibility index (Phi) is 3.20. The van der Waals surface area contributed by atoms with Crippen LogP contribution in [0, 0.1) is 0 Å². The van der Waals surface area contributed by atoms with Crippen LogP contribution in [0.2, 0.25) is 0 Å². The molecule has 0 aliphatic heterocycles. The van der Waals surface area contributed by atoms with Crippen molar-refractivity contribution < 1.29 is 9.90 Å². The topological polar surface area (TPSA) is 67.2 Å². The number of imidazole rings is 1. The first-order valence-electron chi connectivity index (χ1n) is 5.21. The van der Waals surface area contributed by atoms with Gasteiger partial charge in [-0.15, -0.1) is 0 Å². The first-order valence-corrected chi connectivity index (χ1v) is 5.21. The molecule has 2 rings (SSSR count). The Morgan fingerprint density at radius 3 is 2.94 bits per heavy atom.